The first-order valence-electron chi connectivity index (χ1n) is 6.60. The van der Waals surface area contributed by atoms with Crippen molar-refractivity contribution in [1.29, 1.82) is 0 Å². The second-order valence-electron chi connectivity index (χ2n) is 4.40. The van der Waals surface area contributed by atoms with E-state index in [2.05, 4.69) is 0 Å². The van der Waals surface area contributed by atoms with Crippen LogP contribution in [0.3, 0.4) is 0 Å². The highest BCUT2D eigenvalue weighted by Crippen LogP contribution is 2.55. The van der Waals surface area contributed by atoms with Gasteiger partial charge in [0.2, 0.25) is 0 Å². The first-order chi connectivity index (χ1) is 10.2. The summed E-state index contributed by atoms with van der Waals surface area (Å²) in [6.07, 6.45) is -0.482. The van der Waals surface area contributed by atoms with Gasteiger partial charge >= 0.3 is 13.6 Å². The zero-order valence-corrected chi connectivity index (χ0v) is 13.1. The molecule has 0 heterocycles. The molecule has 0 amide bonds. The molecule has 4 N–H and O–H groups in total. The molecule has 0 aliphatic carbocycles. The molecule has 0 saturated heterocycles. The molecule has 0 saturated carbocycles. The Labute approximate surface area is 127 Å². The lowest BCUT2D eigenvalue weighted by molar-refractivity contribution is -0.137. The summed E-state index contributed by atoms with van der Waals surface area (Å²) in [5, 5.41) is 38.1. The third-order valence-corrected chi connectivity index (χ3v) is 5.27. The minimum absolute atomic E-state index is 0.0192. The largest absolute Gasteiger partial charge is 0.508 e. The second kappa shape index (κ2) is 7.49. The summed E-state index contributed by atoms with van der Waals surface area (Å²) in [5.41, 5.74) is -1.77. The van der Waals surface area contributed by atoms with Gasteiger partial charge in [0.15, 0.2) is 5.66 Å². The minimum Gasteiger partial charge on any atom is -0.508 e. The molecule has 1 aromatic carbocycles. The number of carbonyl (C=O) groups is 1. The van der Waals surface area contributed by atoms with Crippen molar-refractivity contribution < 1.29 is 38.8 Å². The molecule has 1 rings (SSSR count). The van der Waals surface area contributed by atoms with Gasteiger partial charge in [-0.25, -0.2) is 0 Å². The first-order valence-corrected chi connectivity index (χ1v) is 8.21. The molecule has 1 atom stereocenters. The fourth-order valence-corrected chi connectivity index (χ4v) is 3.77. The molecule has 22 heavy (non-hydrogen) atoms. The van der Waals surface area contributed by atoms with Crippen molar-refractivity contribution in [2.24, 2.45) is 0 Å². The Morgan fingerprint density at radius 2 is 1.59 bits per heavy atom. The van der Waals surface area contributed by atoms with E-state index in [-0.39, 0.29) is 24.5 Å². The predicted octanol–water partition coefficient (Wildman–Crippen LogP) is 2.07. The summed E-state index contributed by atoms with van der Waals surface area (Å²) in [4.78, 5) is 11.4. The highest BCUT2D eigenvalue weighted by molar-refractivity contribution is 7.55. The summed E-state index contributed by atoms with van der Waals surface area (Å²) in [7, 11) is -3.99. The average molecular weight is 334 g/mol. The lowest BCUT2D eigenvalue weighted by atomic mass is 10.1. The van der Waals surface area contributed by atoms with Crippen molar-refractivity contribution in [2.75, 3.05) is 13.2 Å². The van der Waals surface area contributed by atoms with Gasteiger partial charge < -0.3 is 29.5 Å². The second-order valence-corrected chi connectivity index (χ2v) is 6.62. The van der Waals surface area contributed by atoms with Crippen LogP contribution in [0.4, 0.5) is 0 Å². The summed E-state index contributed by atoms with van der Waals surface area (Å²) < 4.78 is 22.6. The van der Waals surface area contributed by atoms with E-state index in [9.17, 15) is 29.8 Å². The van der Waals surface area contributed by atoms with Crippen molar-refractivity contribution in [3.63, 3.8) is 0 Å². The van der Waals surface area contributed by atoms with Gasteiger partial charge in [0.25, 0.3) is 0 Å². The topological polar surface area (TPSA) is 134 Å². The van der Waals surface area contributed by atoms with E-state index in [4.69, 9.17) is 9.05 Å². The first kappa shape index (κ1) is 18.3. The molecular weight excluding hydrogens is 315 g/mol. The zero-order valence-electron chi connectivity index (χ0n) is 12.2. The normalized spacial score (nSPS) is 13.0. The van der Waals surface area contributed by atoms with E-state index < -0.39 is 37.1 Å². The molecule has 8 nitrogen and oxygen atoms in total. The number of hydrogen-bond acceptors (Lipinski definition) is 7. The molecule has 9 heteroatoms. The fraction of sp³-hybridized carbons (Fsp3) is 0.462. The molecule has 0 aliphatic rings. The monoisotopic (exact) mass is 334 g/mol. The summed E-state index contributed by atoms with van der Waals surface area (Å²) in [6, 6.07) is 1.89. The molecule has 0 aliphatic heterocycles. The zero-order chi connectivity index (χ0) is 16.9. The molecule has 0 radical (unpaired) electrons. The third-order valence-electron chi connectivity index (χ3n) is 2.87. The Kier molecular flexibility index (Phi) is 6.22. The summed E-state index contributed by atoms with van der Waals surface area (Å²) in [5.74, 6) is -2.85. The van der Waals surface area contributed by atoms with E-state index in [1.165, 1.54) is 0 Å². The number of rotatable bonds is 8. The Morgan fingerprint density at radius 1 is 1.14 bits per heavy atom. The van der Waals surface area contributed by atoms with Crippen LogP contribution in [0.15, 0.2) is 12.1 Å². The van der Waals surface area contributed by atoms with Crippen LogP contribution in [0.5, 0.6) is 17.2 Å². The van der Waals surface area contributed by atoms with Crippen LogP contribution in [-0.2, 0) is 24.8 Å². The molecular formula is C13H19O8P. The van der Waals surface area contributed by atoms with Gasteiger partial charge in [0.05, 0.1) is 13.2 Å². The van der Waals surface area contributed by atoms with Gasteiger partial charge in [-0.1, -0.05) is 0 Å². The highest BCUT2D eigenvalue weighted by Gasteiger charge is 2.42. The molecule has 0 spiro atoms. The number of benzene rings is 1. The van der Waals surface area contributed by atoms with Gasteiger partial charge in [-0.05, 0) is 13.8 Å². The number of hydrogen-bond donors (Lipinski definition) is 4. The van der Waals surface area contributed by atoms with Crippen LogP contribution in [0.1, 0.15) is 19.4 Å². The third kappa shape index (κ3) is 4.13. The molecule has 1 aromatic rings. The van der Waals surface area contributed by atoms with Crippen LogP contribution in [0.25, 0.3) is 0 Å². The summed E-state index contributed by atoms with van der Waals surface area (Å²) >= 11 is 0. The highest BCUT2D eigenvalue weighted by atomic mass is 31.2. The van der Waals surface area contributed by atoms with Crippen LogP contribution in [0, 0.1) is 0 Å². The van der Waals surface area contributed by atoms with E-state index in [0.717, 1.165) is 12.1 Å². The number of phenols is 3. The fourth-order valence-electron chi connectivity index (χ4n) is 1.94. The number of carboxylic acid groups (broad SMARTS) is 1. The lowest BCUT2D eigenvalue weighted by Crippen LogP contribution is -2.25. The van der Waals surface area contributed by atoms with Crippen molar-refractivity contribution in [3.8, 4) is 17.2 Å². The smallest absolute Gasteiger partial charge is 0.345 e. The maximum Gasteiger partial charge on any atom is 0.345 e. The van der Waals surface area contributed by atoms with Crippen molar-refractivity contribution >= 4 is 13.6 Å². The van der Waals surface area contributed by atoms with Gasteiger partial charge in [0.1, 0.15) is 17.2 Å². The Hall–Kier alpha value is -1.76. The average Bonchev–Trinajstić information content (AvgIpc) is 2.37. The maximum absolute atomic E-state index is 12.6. The van der Waals surface area contributed by atoms with E-state index in [1.807, 2.05) is 0 Å². The minimum atomic E-state index is -3.99. The molecule has 0 aromatic heterocycles. The lowest BCUT2D eigenvalue weighted by Gasteiger charge is -2.23. The SMILES string of the molecule is CCOP(=O)(OCC)C(Cc1c(O)cc(O)cc1O)C(=O)O. The molecule has 1 unspecified atom stereocenters. The Morgan fingerprint density at radius 3 is 1.95 bits per heavy atom. The van der Waals surface area contributed by atoms with Gasteiger partial charge in [0, 0.05) is 24.1 Å². The number of carboxylic acids is 1. The number of phenolic OH excluding ortho intramolecular Hbond substituents is 3. The van der Waals surface area contributed by atoms with E-state index >= 15 is 0 Å². The van der Waals surface area contributed by atoms with Crippen molar-refractivity contribution in [3.05, 3.63) is 17.7 Å². The van der Waals surface area contributed by atoms with Gasteiger partial charge in [-0.15, -0.1) is 0 Å². The van der Waals surface area contributed by atoms with Gasteiger partial charge in [-0.3, -0.25) is 9.36 Å². The van der Waals surface area contributed by atoms with Crippen molar-refractivity contribution in [2.45, 2.75) is 25.9 Å². The van der Waals surface area contributed by atoms with Crippen LogP contribution >= 0.6 is 7.60 Å². The summed E-state index contributed by atoms with van der Waals surface area (Å²) in [6.45, 7) is 3.04. The number of aliphatic carboxylic acids is 1. The van der Waals surface area contributed by atoms with Crippen LogP contribution in [-0.4, -0.2) is 45.3 Å². The quantitative estimate of drug-likeness (QED) is 0.531. The Bertz CT molecular complexity index is 552. The van der Waals surface area contributed by atoms with Crippen LogP contribution < -0.4 is 0 Å². The molecule has 124 valence electrons. The van der Waals surface area contributed by atoms with Gasteiger partial charge in [-0.2, -0.15) is 0 Å². The standard InChI is InChI=1S/C13H19O8P/c1-3-20-22(19,21-4-2)12(13(17)18)7-9-10(15)5-8(14)6-11(9)16/h5-6,12,14-16H,3-4,7H2,1-2H3,(H,17,18). The molecule has 0 bridgehead atoms. The molecule has 0 fully saturated rings. The maximum atomic E-state index is 12.6. The van der Waals surface area contributed by atoms with Crippen molar-refractivity contribution in [1.82, 2.24) is 0 Å². The van der Waals surface area contributed by atoms with E-state index in [1.54, 1.807) is 13.8 Å². The Balaban J connectivity index is 3.23. The van der Waals surface area contributed by atoms with E-state index in [0.29, 0.717) is 0 Å². The number of aromatic hydroxyl groups is 3. The van der Waals surface area contributed by atoms with Crippen LogP contribution in [0.2, 0.25) is 0 Å². The predicted molar refractivity (Wildman–Crippen MR) is 77.4 cm³/mol.